The molecule has 3 heterocycles. The summed E-state index contributed by atoms with van der Waals surface area (Å²) in [7, 11) is 0. The Balaban J connectivity index is 1.23. The van der Waals surface area contributed by atoms with Crippen molar-refractivity contribution in [3.05, 3.63) is 40.8 Å². The van der Waals surface area contributed by atoms with Gasteiger partial charge in [0.05, 0.1) is 17.2 Å². The van der Waals surface area contributed by atoms with Gasteiger partial charge in [-0.2, -0.15) is 0 Å². The first kappa shape index (κ1) is 21.3. The quantitative estimate of drug-likeness (QED) is 0.465. The normalized spacial score (nSPS) is 17.1. The van der Waals surface area contributed by atoms with Crippen LogP contribution in [0.4, 0.5) is 0 Å². The van der Waals surface area contributed by atoms with Crippen LogP contribution < -0.4 is 14.8 Å². The van der Waals surface area contributed by atoms with Crippen molar-refractivity contribution in [3.8, 4) is 22.2 Å². The minimum Gasteiger partial charge on any atom is -0.494 e. The SMILES string of the molecule is CCOc1cc2c(cc1CNC(=O)CSc1nnc(-c3cccs3)n1C1CC1)O[C@H](C)C2. The number of hydrogen-bond donors (Lipinski definition) is 1. The van der Waals surface area contributed by atoms with E-state index in [0.717, 1.165) is 57.7 Å². The third-order valence-electron chi connectivity index (χ3n) is 5.51. The maximum atomic E-state index is 12.6. The van der Waals surface area contributed by atoms with E-state index in [9.17, 15) is 4.79 Å². The molecule has 0 spiro atoms. The van der Waals surface area contributed by atoms with Crippen LogP contribution in [0.25, 0.3) is 10.7 Å². The summed E-state index contributed by atoms with van der Waals surface area (Å²) in [6.45, 7) is 5.00. The molecule has 0 bridgehead atoms. The van der Waals surface area contributed by atoms with Gasteiger partial charge in [-0.1, -0.05) is 17.8 Å². The van der Waals surface area contributed by atoms with E-state index in [4.69, 9.17) is 9.47 Å². The molecule has 1 aliphatic carbocycles. The van der Waals surface area contributed by atoms with Gasteiger partial charge in [-0.3, -0.25) is 9.36 Å². The number of rotatable bonds is 9. The Morgan fingerprint density at radius 3 is 3.00 bits per heavy atom. The summed E-state index contributed by atoms with van der Waals surface area (Å²) in [4.78, 5) is 13.7. The lowest BCUT2D eigenvalue weighted by Crippen LogP contribution is -2.25. The van der Waals surface area contributed by atoms with Gasteiger partial charge in [-0.05, 0) is 50.3 Å². The first-order valence-corrected chi connectivity index (χ1v) is 12.8. The van der Waals surface area contributed by atoms with E-state index in [0.29, 0.717) is 19.2 Å². The van der Waals surface area contributed by atoms with E-state index in [-0.39, 0.29) is 17.8 Å². The van der Waals surface area contributed by atoms with Crippen LogP contribution in [0.15, 0.2) is 34.8 Å². The lowest BCUT2D eigenvalue weighted by Gasteiger charge is -2.13. The first-order valence-electron chi connectivity index (χ1n) is 11.0. The third kappa shape index (κ3) is 4.49. The molecule has 1 amide bonds. The predicted octanol–water partition coefficient (Wildman–Crippen LogP) is 4.47. The molecular formula is C23H26N4O3S2. The van der Waals surface area contributed by atoms with E-state index >= 15 is 0 Å². The second kappa shape index (κ2) is 9.15. The average molecular weight is 471 g/mol. The molecule has 5 rings (SSSR count). The van der Waals surface area contributed by atoms with Crippen molar-refractivity contribution in [1.29, 1.82) is 0 Å². The van der Waals surface area contributed by atoms with Gasteiger partial charge in [0, 0.05) is 30.1 Å². The maximum Gasteiger partial charge on any atom is 0.230 e. The molecule has 2 aromatic heterocycles. The highest BCUT2D eigenvalue weighted by Gasteiger charge is 2.30. The third-order valence-corrected chi connectivity index (χ3v) is 7.31. The van der Waals surface area contributed by atoms with Gasteiger partial charge >= 0.3 is 0 Å². The molecule has 32 heavy (non-hydrogen) atoms. The minimum absolute atomic E-state index is 0.0461. The number of nitrogens with zero attached hydrogens (tertiary/aromatic N) is 3. The molecule has 0 unspecified atom stereocenters. The highest BCUT2D eigenvalue weighted by molar-refractivity contribution is 7.99. The fourth-order valence-electron chi connectivity index (χ4n) is 3.90. The number of carbonyl (C=O) groups excluding carboxylic acids is 1. The zero-order chi connectivity index (χ0) is 22.1. The number of hydrogen-bond acceptors (Lipinski definition) is 7. The molecule has 7 nitrogen and oxygen atoms in total. The van der Waals surface area contributed by atoms with Crippen molar-refractivity contribution in [2.24, 2.45) is 0 Å². The van der Waals surface area contributed by atoms with Gasteiger partial charge in [0.25, 0.3) is 0 Å². The number of aromatic nitrogens is 3. The second-order valence-corrected chi connectivity index (χ2v) is 9.97. The molecule has 0 saturated heterocycles. The molecule has 1 N–H and O–H groups in total. The summed E-state index contributed by atoms with van der Waals surface area (Å²) in [6, 6.07) is 8.56. The van der Waals surface area contributed by atoms with Crippen LogP contribution in [0, 0.1) is 0 Å². The van der Waals surface area contributed by atoms with E-state index in [1.54, 1.807) is 11.3 Å². The van der Waals surface area contributed by atoms with Crippen molar-refractivity contribution in [2.45, 2.75) is 57.0 Å². The van der Waals surface area contributed by atoms with E-state index in [2.05, 4.69) is 33.1 Å². The Hall–Kier alpha value is -2.52. The van der Waals surface area contributed by atoms with Gasteiger partial charge in [-0.25, -0.2) is 0 Å². The zero-order valence-electron chi connectivity index (χ0n) is 18.2. The van der Waals surface area contributed by atoms with Gasteiger partial charge in [0.1, 0.15) is 17.6 Å². The molecule has 9 heteroatoms. The largest absolute Gasteiger partial charge is 0.494 e. The topological polar surface area (TPSA) is 78.3 Å². The van der Waals surface area contributed by atoms with Crippen molar-refractivity contribution in [3.63, 3.8) is 0 Å². The summed E-state index contributed by atoms with van der Waals surface area (Å²) in [5, 5.41) is 14.6. The smallest absolute Gasteiger partial charge is 0.230 e. The summed E-state index contributed by atoms with van der Waals surface area (Å²) in [6.07, 6.45) is 3.32. The fraction of sp³-hybridized carbons (Fsp3) is 0.435. The standard InChI is InChI=1S/C23H26N4O3S2/c1-3-29-18-10-15-9-14(2)30-19(15)11-16(18)12-24-21(28)13-32-23-26-25-22(20-5-4-8-31-20)27(23)17-6-7-17/h4-5,8,10-11,14,17H,3,6-7,9,12-13H2,1-2H3,(H,24,28)/t14-/m1/s1. The van der Waals surface area contributed by atoms with E-state index < -0.39 is 0 Å². The van der Waals surface area contributed by atoms with Crippen LogP contribution >= 0.6 is 23.1 Å². The molecule has 1 atom stereocenters. The number of ether oxygens (including phenoxy) is 2. The predicted molar refractivity (Wildman–Crippen MR) is 126 cm³/mol. The minimum atomic E-state index is -0.0461. The summed E-state index contributed by atoms with van der Waals surface area (Å²) < 4.78 is 13.9. The molecule has 3 aromatic rings. The lowest BCUT2D eigenvalue weighted by molar-refractivity contribution is -0.118. The number of benzene rings is 1. The van der Waals surface area contributed by atoms with Crippen molar-refractivity contribution >= 4 is 29.0 Å². The Morgan fingerprint density at radius 1 is 1.38 bits per heavy atom. The Morgan fingerprint density at radius 2 is 2.25 bits per heavy atom. The number of carbonyl (C=O) groups is 1. The first-order chi connectivity index (χ1) is 15.6. The monoisotopic (exact) mass is 470 g/mol. The lowest BCUT2D eigenvalue weighted by atomic mass is 10.1. The number of fused-ring (bicyclic) bond motifs is 1. The van der Waals surface area contributed by atoms with Crippen molar-refractivity contribution in [2.75, 3.05) is 12.4 Å². The van der Waals surface area contributed by atoms with Crippen LogP contribution in [0.5, 0.6) is 11.5 Å². The van der Waals surface area contributed by atoms with E-state index in [1.807, 2.05) is 30.5 Å². The average Bonchev–Trinajstić information content (AvgIpc) is 3.15. The summed E-state index contributed by atoms with van der Waals surface area (Å²) >= 11 is 3.10. The molecular weight excluding hydrogens is 444 g/mol. The van der Waals surface area contributed by atoms with Crippen molar-refractivity contribution in [1.82, 2.24) is 20.1 Å². The Labute approximate surface area is 195 Å². The number of nitrogens with one attached hydrogen (secondary N) is 1. The zero-order valence-corrected chi connectivity index (χ0v) is 19.8. The fourth-order valence-corrected chi connectivity index (χ4v) is 5.44. The Kier molecular flexibility index (Phi) is 6.10. The number of amides is 1. The molecule has 1 aromatic carbocycles. The van der Waals surface area contributed by atoms with Crippen molar-refractivity contribution < 1.29 is 14.3 Å². The van der Waals surface area contributed by atoms with Crippen LogP contribution in [-0.2, 0) is 17.8 Å². The molecule has 0 radical (unpaired) electrons. The molecule has 1 fully saturated rings. The second-order valence-electron chi connectivity index (χ2n) is 8.08. The van der Waals surface area contributed by atoms with Gasteiger partial charge in [0.15, 0.2) is 11.0 Å². The highest BCUT2D eigenvalue weighted by Crippen LogP contribution is 2.41. The number of thioether (sulfide) groups is 1. The molecule has 168 valence electrons. The molecule has 1 saturated carbocycles. The molecule has 2 aliphatic rings. The van der Waals surface area contributed by atoms with Gasteiger partial charge in [0.2, 0.25) is 5.91 Å². The van der Waals surface area contributed by atoms with Crippen LogP contribution in [0.3, 0.4) is 0 Å². The molecule has 1 aliphatic heterocycles. The number of thiophene rings is 1. The van der Waals surface area contributed by atoms with E-state index in [1.165, 1.54) is 11.8 Å². The van der Waals surface area contributed by atoms with Crippen LogP contribution in [0.2, 0.25) is 0 Å². The maximum absolute atomic E-state index is 12.6. The Bertz CT molecular complexity index is 1110. The van der Waals surface area contributed by atoms with Crippen LogP contribution in [-0.4, -0.2) is 39.1 Å². The summed E-state index contributed by atoms with van der Waals surface area (Å²) in [5.41, 5.74) is 2.09. The van der Waals surface area contributed by atoms with Crippen LogP contribution in [0.1, 0.15) is 43.9 Å². The summed E-state index contributed by atoms with van der Waals surface area (Å²) in [5.74, 6) is 2.84. The van der Waals surface area contributed by atoms with Gasteiger partial charge in [-0.15, -0.1) is 21.5 Å². The van der Waals surface area contributed by atoms with Gasteiger partial charge < -0.3 is 14.8 Å². The highest BCUT2D eigenvalue weighted by atomic mass is 32.2.